The Morgan fingerprint density at radius 3 is 2.00 bits per heavy atom. The predicted octanol–water partition coefficient (Wildman–Crippen LogP) is 4.52. The van der Waals surface area contributed by atoms with Crippen molar-refractivity contribution in [3.63, 3.8) is 0 Å². The van der Waals surface area contributed by atoms with Gasteiger partial charge in [0.25, 0.3) is 0 Å². The van der Waals surface area contributed by atoms with E-state index in [0.717, 1.165) is 11.8 Å². The molecule has 0 aromatic rings. The summed E-state index contributed by atoms with van der Waals surface area (Å²) >= 11 is 0. The molecule has 1 heteroatoms. The van der Waals surface area contributed by atoms with E-state index >= 15 is 0 Å². The Hall–Kier alpha value is 0.0649. The van der Waals surface area contributed by atoms with Crippen LogP contribution in [-0.2, 0) is 0 Å². The lowest BCUT2D eigenvalue weighted by atomic mass is 9.74. The van der Waals surface area contributed by atoms with Gasteiger partial charge in [0.1, 0.15) is 7.28 Å². The first-order valence-corrected chi connectivity index (χ1v) is 6.72. The van der Waals surface area contributed by atoms with Crippen molar-refractivity contribution in [2.45, 2.75) is 72.4 Å². The minimum absolute atomic E-state index is 0.943. The average Bonchev–Trinajstić information content (AvgIpc) is 2.18. The van der Waals surface area contributed by atoms with Gasteiger partial charge in [0.15, 0.2) is 0 Å². The van der Waals surface area contributed by atoms with E-state index in [1.807, 2.05) is 0 Å². The van der Waals surface area contributed by atoms with Gasteiger partial charge >= 0.3 is 0 Å². The van der Waals surface area contributed by atoms with Gasteiger partial charge in [-0.1, -0.05) is 72.4 Å². The Labute approximate surface area is 92.1 Å². The van der Waals surface area contributed by atoms with Crippen molar-refractivity contribution in [2.75, 3.05) is 0 Å². The highest BCUT2D eigenvalue weighted by Gasteiger charge is 2.10. The molecule has 0 aromatic carbocycles. The third-order valence-corrected chi connectivity index (χ3v) is 3.50. The molecule has 2 unspecified atom stereocenters. The van der Waals surface area contributed by atoms with Gasteiger partial charge in [-0.25, -0.2) is 0 Å². The van der Waals surface area contributed by atoms with Gasteiger partial charge in [-0.2, -0.15) is 0 Å². The molecule has 0 N–H and O–H groups in total. The zero-order valence-corrected chi connectivity index (χ0v) is 10.8. The number of hydrogen-bond acceptors (Lipinski definition) is 0. The zero-order chi connectivity index (χ0) is 10.8. The van der Waals surface area contributed by atoms with E-state index in [-0.39, 0.29) is 0 Å². The molecule has 0 radical (unpaired) electrons. The van der Waals surface area contributed by atoms with Crippen LogP contribution in [0, 0.1) is 11.8 Å². The molecule has 0 spiro atoms. The average molecular weight is 196 g/mol. The Morgan fingerprint density at radius 1 is 0.929 bits per heavy atom. The van der Waals surface area contributed by atoms with Crippen LogP contribution in [0.3, 0.4) is 0 Å². The molecule has 0 amide bonds. The summed E-state index contributed by atoms with van der Waals surface area (Å²) in [6, 6.07) is 0. The first-order valence-electron chi connectivity index (χ1n) is 6.72. The molecular formula is C13H29B. The largest absolute Gasteiger partial charge is 0.117 e. The fourth-order valence-corrected chi connectivity index (χ4v) is 2.00. The lowest BCUT2D eigenvalue weighted by Crippen LogP contribution is -2.08. The number of hydrogen-bond donors (Lipinski definition) is 0. The van der Waals surface area contributed by atoms with E-state index < -0.39 is 0 Å². The third kappa shape index (κ3) is 7.47. The molecule has 0 bridgehead atoms. The summed E-state index contributed by atoms with van der Waals surface area (Å²) in [5.74, 6) is 1.89. The van der Waals surface area contributed by atoms with Crippen LogP contribution in [0.2, 0.25) is 13.1 Å². The molecule has 0 aliphatic rings. The summed E-state index contributed by atoms with van der Waals surface area (Å²) in [7, 11) is 1.36. The molecule has 0 nitrogen and oxygen atoms in total. The van der Waals surface area contributed by atoms with E-state index in [1.54, 1.807) is 0 Å². The molecule has 0 aliphatic carbocycles. The first kappa shape index (κ1) is 14.1. The van der Waals surface area contributed by atoms with Crippen molar-refractivity contribution < 1.29 is 0 Å². The first-order chi connectivity index (χ1) is 6.72. The van der Waals surface area contributed by atoms with Crippen LogP contribution in [0.1, 0.15) is 59.3 Å². The van der Waals surface area contributed by atoms with E-state index in [2.05, 4.69) is 27.6 Å². The molecule has 0 heterocycles. The Bertz CT molecular complexity index is 97.8. The second-order valence-electron chi connectivity index (χ2n) is 4.95. The van der Waals surface area contributed by atoms with Gasteiger partial charge in [-0.05, 0) is 11.8 Å². The van der Waals surface area contributed by atoms with Crippen molar-refractivity contribution in [1.82, 2.24) is 0 Å². The van der Waals surface area contributed by atoms with Crippen LogP contribution in [0.4, 0.5) is 0 Å². The monoisotopic (exact) mass is 196 g/mol. The highest BCUT2D eigenvalue weighted by molar-refractivity contribution is 6.33. The Balaban J connectivity index is 3.39. The highest BCUT2D eigenvalue weighted by Crippen LogP contribution is 2.23. The third-order valence-electron chi connectivity index (χ3n) is 3.50. The number of unbranched alkanes of at least 4 members (excludes halogenated alkanes) is 2. The maximum Gasteiger partial charge on any atom is 0.117 e. The summed E-state index contributed by atoms with van der Waals surface area (Å²) in [6.45, 7) is 9.45. The van der Waals surface area contributed by atoms with Crippen LogP contribution >= 0.6 is 0 Å². The van der Waals surface area contributed by atoms with Crippen LogP contribution < -0.4 is 0 Å². The highest BCUT2D eigenvalue weighted by atomic mass is 14.2. The fourth-order valence-electron chi connectivity index (χ4n) is 2.00. The Morgan fingerprint density at radius 2 is 1.50 bits per heavy atom. The fraction of sp³-hybridized carbons (Fsp3) is 1.00. The molecule has 0 aliphatic heterocycles. The maximum atomic E-state index is 2.44. The summed E-state index contributed by atoms with van der Waals surface area (Å²) in [6.07, 6.45) is 9.98. The van der Waals surface area contributed by atoms with Crippen LogP contribution in [0.25, 0.3) is 0 Å². The quantitative estimate of drug-likeness (QED) is 0.375. The summed E-state index contributed by atoms with van der Waals surface area (Å²) in [5.41, 5.74) is 0. The smallest absolute Gasteiger partial charge is 0.0893 e. The minimum Gasteiger partial charge on any atom is -0.0893 e. The maximum absolute atomic E-state index is 2.44. The van der Waals surface area contributed by atoms with Crippen molar-refractivity contribution in [3.8, 4) is 0 Å². The normalized spacial score (nSPS) is 15.1. The van der Waals surface area contributed by atoms with Crippen LogP contribution in [0.15, 0.2) is 0 Å². The van der Waals surface area contributed by atoms with E-state index in [9.17, 15) is 0 Å². The second-order valence-corrected chi connectivity index (χ2v) is 4.95. The van der Waals surface area contributed by atoms with Gasteiger partial charge < -0.3 is 0 Å². The topological polar surface area (TPSA) is 0 Å². The predicted molar refractivity (Wildman–Crippen MR) is 69.5 cm³/mol. The molecule has 0 fully saturated rings. The standard InChI is InChI=1S/C13H29B/c1-5-6-7-9-12(2)13(3)10-8-11-14-4/h12-14H,5-11H2,1-4H3. The molecule has 0 aromatic heterocycles. The lowest BCUT2D eigenvalue weighted by Gasteiger charge is -2.19. The minimum atomic E-state index is 0.943. The van der Waals surface area contributed by atoms with E-state index in [4.69, 9.17) is 0 Å². The van der Waals surface area contributed by atoms with Gasteiger partial charge in [0, 0.05) is 0 Å². The molecule has 0 rings (SSSR count). The molecule has 2 atom stereocenters. The van der Waals surface area contributed by atoms with Gasteiger partial charge in [-0.3, -0.25) is 0 Å². The SMILES string of the molecule is CBCCCC(C)C(C)CCCCC. The van der Waals surface area contributed by atoms with Crippen molar-refractivity contribution >= 4 is 7.28 Å². The van der Waals surface area contributed by atoms with Gasteiger partial charge in [0.2, 0.25) is 0 Å². The van der Waals surface area contributed by atoms with Crippen molar-refractivity contribution in [2.24, 2.45) is 11.8 Å². The summed E-state index contributed by atoms with van der Waals surface area (Å²) in [5, 5.41) is 0. The van der Waals surface area contributed by atoms with Crippen molar-refractivity contribution in [1.29, 1.82) is 0 Å². The summed E-state index contributed by atoms with van der Waals surface area (Å²) in [4.78, 5) is 0. The van der Waals surface area contributed by atoms with Crippen LogP contribution in [-0.4, -0.2) is 7.28 Å². The number of rotatable bonds is 9. The van der Waals surface area contributed by atoms with Gasteiger partial charge in [-0.15, -0.1) is 0 Å². The molecule has 84 valence electrons. The second kappa shape index (κ2) is 9.61. The molecule has 0 saturated carbocycles. The molecule has 0 saturated heterocycles. The molecule has 14 heavy (non-hydrogen) atoms. The van der Waals surface area contributed by atoms with Crippen molar-refractivity contribution in [3.05, 3.63) is 0 Å². The molecular weight excluding hydrogens is 167 g/mol. The lowest BCUT2D eigenvalue weighted by molar-refractivity contribution is 0.331. The zero-order valence-electron chi connectivity index (χ0n) is 10.8. The van der Waals surface area contributed by atoms with E-state index in [1.165, 1.54) is 52.1 Å². The van der Waals surface area contributed by atoms with E-state index in [0.29, 0.717) is 0 Å². The Kier molecular flexibility index (Phi) is 9.66. The summed E-state index contributed by atoms with van der Waals surface area (Å²) < 4.78 is 0. The van der Waals surface area contributed by atoms with Gasteiger partial charge in [0.05, 0.1) is 0 Å². The van der Waals surface area contributed by atoms with Crippen LogP contribution in [0.5, 0.6) is 0 Å².